The van der Waals surface area contributed by atoms with Crippen LogP contribution in [0, 0.1) is 5.82 Å². The van der Waals surface area contributed by atoms with E-state index in [1.54, 1.807) is 23.1 Å². The molecule has 1 aliphatic carbocycles. The van der Waals surface area contributed by atoms with E-state index in [9.17, 15) is 9.18 Å². The molecule has 2 aromatic rings. The van der Waals surface area contributed by atoms with Gasteiger partial charge >= 0.3 is 0 Å². The fourth-order valence-corrected chi connectivity index (χ4v) is 4.62. The van der Waals surface area contributed by atoms with Crippen LogP contribution in [0.3, 0.4) is 0 Å². The normalized spacial score (nSPS) is 21.4. The highest BCUT2D eigenvalue weighted by molar-refractivity contribution is 8.18. The first kappa shape index (κ1) is 18.0. The maximum Gasteiger partial charge on any atom is 0.267 e. The van der Waals surface area contributed by atoms with Crippen LogP contribution in [0.4, 0.5) is 10.1 Å². The summed E-state index contributed by atoms with van der Waals surface area (Å²) >= 11 is 1.34. The van der Waals surface area contributed by atoms with Gasteiger partial charge < -0.3 is 0 Å². The van der Waals surface area contributed by atoms with Gasteiger partial charge in [0.05, 0.1) is 4.91 Å². The van der Waals surface area contributed by atoms with E-state index in [-0.39, 0.29) is 23.5 Å². The molecule has 2 aliphatic rings. The van der Waals surface area contributed by atoms with Crippen LogP contribution in [-0.2, 0) is 4.79 Å². The molecule has 0 atom stereocenters. The molecular formula is C22H21FN2OS. The van der Waals surface area contributed by atoms with Crippen LogP contribution in [0.2, 0.25) is 0 Å². The molecule has 1 saturated carbocycles. The number of amidine groups is 1. The van der Waals surface area contributed by atoms with Crippen molar-refractivity contribution in [1.29, 1.82) is 0 Å². The molecular weight excluding hydrogens is 359 g/mol. The molecule has 0 bridgehead atoms. The molecule has 0 N–H and O–H groups in total. The summed E-state index contributed by atoms with van der Waals surface area (Å²) < 4.78 is 14.1. The summed E-state index contributed by atoms with van der Waals surface area (Å²) in [5, 5.41) is 0.583. The lowest BCUT2D eigenvalue weighted by Crippen LogP contribution is -2.40. The Bertz CT molecular complexity index is 888. The van der Waals surface area contributed by atoms with Crippen molar-refractivity contribution in [2.45, 2.75) is 38.1 Å². The van der Waals surface area contributed by atoms with Crippen molar-refractivity contribution in [3.05, 3.63) is 70.9 Å². The van der Waals surface area contributed by atoms with Gasteiger partial charge in [0.25, 0.3) is 5.91 Å². The number of nitrogens with zero attached hydrogens (tertiary/aromatic N) is 2. The predicted molar refractivity (Wildman–Crippen MR) is 109 cm³/mol. The van der Waals surface area contributed by atoms with E-state index in [4.69, 9.17) is 0 Å². The van der Waals surface area contributed by atoms with E-state index >= 15 is 0 Å². The first-order chi connectivity index (χ1) is 13.2. The number of aliphatic imine (C=N–C) groups is 1. The van der Waals surface area contributed by atoms with E-state index in [1.165, 1.54) is 24.2 Å². The molecule has 2 fully saturated rings. The van der Waals surface area contributed by atoms with Crippen molar-refractivity contribution in [2.75, 3.05) is 0 Å². The summed E-state index contributed by atoms with van der Waals surface area (Å²) in [6.45, 7) is 0. The highest BCUT2D eigenvalue weighted by Crippen LogP contribution is 2.38. The van der Waals surface area contributed by atoms with Crippen molar-refractivity contribution in [3.8, 4) is 0 Å². The minimum Gasteiger partial charge on any atom is -0.283 e. The predicted octanol–water partition coefficient (Wildman–Crippen LogP) is 5.76. The van der Waals surface area contributed by atoms with Crippen LogP contribution >= 0.6 is 11.8 Å². The van der Waals surface area contributed by atoms with Gasteiger partial charge in [-0.25, -0.2) is 9.38 Å². The molecule has 0 spiro atoms. The van der Waals surface area contributed by atoms with Gasteiger partial charge in [-0.3, -0.25) is 9.69 Å². The summed E-state index contributed by atoms with van der Waals surface area (Å²) in [6.07, 6.45) is 7.28. The Balaban J connectivity index is 1.72. The van der Waals surface area contributed by atoms with Crippen LogP contribution in [0.1, 0.15) is 37.7 Å². The molecule has 27 heavy (non-hydrogen) atoms. The zero-order chi connectivity index (χ0) is 18.6. The van der Waals surface area contributed by atoms with Crippen LogP contribution in [0.15, 0.2) is 64.5 Å². The zero-order valence-corrected chi connectivity index (χ0v) is 15.8. The quantitative estimate of drug-likeness (QED) is 0.634. The van der Waals surface area contributed by atoms with Crippen molar-refractivity contribution < 1.29 is 9.18 Å². The summed E-state index contributed by atoms with van der Waals surface area (Å²) in [7, 11) is 0. The third-order valence-corrected chi connectivity index (χ3v) is 5.93. The van der Waals surface area contributed by atoms with Crippen LogP contribution in [-0.4, -0.2) is 22.0 Å². The third kappa shape index (κ3) is 3.98. The van der Waals surface area contributed by atoms with Crippen LogP contribution < -0.4 is 0 Å². The molecule has 0 radical (unpaired) electrons. The van der Waals surface area contributed by atoms with Crippen LogP contribution in [0.25, 0.3) is 6.08 Å². The van der Waals surface area contributed by atoms with Crippen molar-refractivity contribution >= 4 is 34.6 Å². The molecule has 138 valence electrons. The molecule has 1 aliphatic heterocycles. The average Bonchev–Trinajstić information content (AvgIpc) is 3.00. The standard InChI is InChI=1S/C22H21FN2OS/c23-18-13-7-8-14-19(18)24-22-25(17-11-5-2-6-12-17)21(26)20(27-22)15-16-9-3-1-4-10-16/h1,3-4,7-10,13-15,17H,2,5-6,11-12H2/b20-15-,24-22?. The monoisotopic (exact) mass is 380 g/mol. The van der Waals surface area contributed by atoms with Gasteiger partial charge in [-0.05, 0) is 48.4 Å². The molecule has 1 saturated heterocycles. The molecule has 2 aromatic carbocycles. The van der Waals surface area contributed by atoms with E-state index < -0.39 is 0 Å². The van der Waals surface area contributed by atoms with E-state index in [2.05, 4.69) is 4.99 Å². The molecule has 3 nitrogen and oxygen atoms in total. The second-order valence-electron chi connectivity index (χ2n) is 6.83. The Labute approximate surface area is 163 Å². The summed E-state index contributed by atoms with van der Waals surface area (Å²) in [5.41, 5.74) is 1.25. The molecule has 4 rings (SSSR count). The van der Waals surface area contributed by atoms with Crippen molar-refractivity contribution in [2.24, 2.45) is 4.99 Å². The maximum atomic E-state index is 14.1. The molecule has 1 amide bonds. The number of thioether (sulfide) groups is 1. The van der Waals surface area contributed by atoms with E-state index in [0.717, 1.165) is 31.2 Å². The summed E-state index contributed by atoms with van der Waals surface area (Å²) in [5.74, 6) is -0.395. The topological polar surface area (TPSA) is 32.7 Å². The number of carbonyl (C=O) groups excluding carboxylic acids is 1. The number of halogens is 1. The highest BCUT2D eigenvalue weighted by Gasteiger charge is 2.38. The Morgan fingerprint density at radius 2 is 1.70 bits per heavy atom. The number of hydrogen-bond acceptors (Lipinski definition) is 3. The van der Waals surface area contributed by atoms with Gasteiger partial charge in [-0.1, -0.05) is 61.7 Å². The summed E-state index contributed by atoms with van der Waals surface area (Å²) in [4.78, 5) is 20.1. The van der Waals surface area contributed by atoms with Crippen molar-refractivity contribution in [1.82, 2.24) is 4.90 Å². The lowest BCUT2D eigenvalue weighted by atomic mass is 9.94. The Morgan fingerprint density at radius 1 is 1.00 bits per heavy atom. The number of carbonyl (C=O) groups is 1. The Morgan fingerprint density at radius 3 is 2.44 bits per heavy atom. The Kier molecular flexibility index (Phi) is 5.39. The second kappa shape index (κ2) is 8.09. The van der Waals surface area contributed by atoms with Gasteiger partial charge in [0.2, 0.25) is 0 Å². The fourth-order valence-electron chi connectivity index (χ4n) is 3.57. The minimum atomic E-state index is -0.373. The number of rotatable bonds is 3. The van der Waals surface area contributed by atoms with Crippen molar-refractivity contribution in [3.63, 3.8) is 0 Å². The van der Waals surface area contributed by atoms with Crippen LogP contribution in [0.5, 0.6) is 0 Å². The van der Waals surface area contributed by atoms with E-state index in [0.29, 0.717) is 10.1 Å². The lowest BCUT2D eigenvalue weighted by Gasteiger charge is -2.30. The molecule has 0 unspecified atom stereocenters. The first-order valence-electron chi connectivity index (χ1n) is 9.34. The number of benzene rings is 2. The zero-order valence-electron chi connectivity index (χ0n) is 15.0. The highest BCUT2D eigenvalue weighted by atomic mass is 32.2. The molecule has 5 heteroatoms. The second-order valence-corrected chi connectivity index (χ2v) is 7.84. The fraction of sp³-hybridized carbons (Fsp3) is 0.273. The minimum absolute atomic E-state index is 0.0224. The number of amides is 1. The van der Waals surface area contributed by atoms with Gasteiger partial charge in [0.1, 0.15) is 11.5 Å². The van der Waals surface area contributed by atoms with E-state index in [1.807, 2.05) is 36.4 Å². The average molecular weight is 380 g/mol. The first-order valence-corrected chi connectivity index (χ1v) is 10.2. The Hall–Kier alpha value is -2.40. The molecule has 1 heterocycles. The van der Waals surface area contributed by atoms with Gasteiger partial charge in [-0.2, -0.15) is 0 Å². The van der Waals surface area contributed by atoms with Gasteiger partial charge in [-0.15, -0.1) is 0 Å². The largest absolute Gasteiger partial charge is 0.283 e. The SMILES string of the molecule is O=C1/C(=C/c2ccccc2)SC(=Nc2ccccc2F)N1C1CCCCC1. The lowest BCUT2D eigenvalue weighted by molar-refractivity contribution is -0.124. The summed E-state index contributed by atoms with van der Waals surface area (Å²) in [6, 6.07) is 16.4. The number of hydrogen-bond donors (Lipinski definition) is 0. The smallest absolute Gasteiger partial charge is 0.267 e. The molecule has 0 aromatic heterocycles. The third-order valence-electron chi connectivity index (χ3n) is 4.94. The number of para-hydroxylation sites is 1. The maximum absolute atomic E-state index is 14.1. The van der Waals surface area contributed by atoms with Gasteiger partial charge in [0, 0.05) is 6.04 Å². The van der Waals surface area contributed by atoms with Gasteiger partial charge in [0.15, 0.2) is 5.17 Å².